The number of hydrogen-bond acceptors (Lipinski definition) is 4. The van der Waals surface area contributed by atoms with E-state index in [0.717, 1.165) is 9.35 Å². The van der Waals surface area contributed by atoms with E-state index in [1.165, 1.54) is 0 Å². The van der Waals surface area contributed by atoms with Gasteiger partial charge in [-0.05, 0) is 39.0 Å². The maximum absolute atomic E-state index is 11.6. The Balaban J connectivity index is 2.31. The number of ether oxygens (including phenoxy) is 1. The summed E-state index contributed by atoms with van der Waals surface area (Å²) < 4.78 is 6.18. The zero-order valence-electron chi connectivity index (χ0n) is 9.78. The van der Waals surface area contributed by atoms with E-state index in [9.17, 15) is 4.79 Å². The minimum Gasteiger partial charge on any atom is -0.406 e. The molecule has 1 aromatic rings. The number of aliphatic imine (C=N–C) groups is 1. The summed E-state index contributed by atoms with van der Waals surface area (Å²) in [5.74, 6) is 0.0975. The molecule has 3 nitrogen and oxygen atoms in total. The van der Waals surface area contributed by atoms with E-state index in [1.807, 2.05) is 32.2 Å². The molecule has 0 N–H and O–H groups in total. The summed E-state index contributed by atoms with van der Waals surface area (Å²) in [4.78, 5) is 15.9. The minimum atomic E-state index is -0.378. The molecule has 1 aromatic heterocycles. The second kappa shape index (κ2) is 4.38. The van der Waals surface area contributed by atoms with Gasteiger partial charge in [-0.15, -0.1) is 11.3 Å². The SMILES string of the molecule is CC(C)(C)C1=N/C(=C\c2csc(Br)c2)C(=O)O1. The van der Waals surface area contributed by atoms with E-state index in [1.54, 1.807) is 17.4 Å². The predicted molar refractivity (Wildman–Crippen MR) is 73.0 cm³/mol. The number of halogens is 1. The third kappa shape index (κ3) is 2.84. The molecule has 0 aromatic carbocycles. The third-order valence-corrected chi connectivity index (χ3v) is 3.68. The van der Waals surface area contributed by atoms with Crippen molar-refractivity contribution in [3.05, 3.63) is 26.5 Å². The predicted octanol–water partition coefficient (Wildman–Crippen LogP) is 3.85. The van der Waals surface area contributed by atoms with Crippen LogP contribution in [0.15, 0.2) is 25.9 Å². The van der Waals surface area contributed by atoms with Gasteiger partial charge in [-0.1, -0.05) is 20.8 Å². The van der Waals surface area contributed by atoms with Crippen molar-refractivity contribution in [1.29, 1.82) is 0 Å². The average Bonchev–Trinajstić information content (AvgIpc) is 2.74. The van der Waals surface area contributed by atoms with E-state index in [0.29, 0.717) is 11.6 Å². The molecule has 0 spiro atoms. The van der Waals surface area contributed by atoms with Crippen LogP contribution in [0.3, 0.4) is 0 Å². The van der Waals surface area contributed by atoms with Gasteiger partial charge in [-0.25, -0.2) is 9.79 Å². The Kier molecular flexibility index (Phi) is 3.23. The Hall–Kier alpha value is -0.940. The molecule has 0 atom stereocenters. The van der Waals surface area contributed by atoms with Crippen molar-refractivity contribution < 1.29 is 9.53 Å². The highest BCUT2D eigenvalue weighted by atomic mass is 79.9. The van der Waals surface area contributed by atoms with Crippen LogP contribution < -0.4 is 0 Å². The molecule has 2 heterocycles. The van der Waals surface area contributed by atoms with Crippen molar-refractivity contribution in [1.82, 2.24) is 0 Å². The first-order valence-electron chi connectivity index (χ1n) is 5.13. The van der Waals surface area contributed by atoms with Gasteiger partial charge in [-0.2, -0.15) is 0 Å². The minimum absolute atomic E-state index is 0.250. The van der Waals surface area contributed by atoms with Gasteiger partial charge in [0.2, 0.25) is 5.90 Å². The van der Waals surface area contributed by atoms with Gasteiger partial charge in [-0.3, -0.25) is 0 Å². The van der Waals surface area contributed by atoms with Crippen LogP contribution in [0.1, 0.15) is 26.3 Å². The Morgan fingerprint density at radius 3 is 2.65 bits per heavy atom. The number of esters is 1. The fraction of sp³-hybridized carbons (Fsp3) is 0.333. The lowest BCUT2D eigenvalue weighted by molar-refractivity contribution is -0.130. The number of rotatable bonds is 1. The standard InChI is InChI=1S/C12H12BrNO2S/c1-12(2,3)11-14-8(10(15)16-11)4-7-5-9(13)17-6-7/h4-6H,1-3H3/b8-4-. The second-order valence-corrected chi connectivity index (χ2v) is 7.06. The lowest BCUT2D eigenvalue weighted by Crippen LogP contribution is -2.21. The number of nitrogens with zero attached hydrogens (tertiary/aromatic N) is 1. The van der Waals surface area contributed by atoms with Gasteiger partial charge in [0, 0.05) is 5.41 Å². The molecule has 0 aliphatic carbocycles. The summed E-state index contributed by atoms with van der Waals surface area (Å²) in [5.41, 5.74) is 1.06. The highest BCUT2D eigenvalue weighted by Gasteiger charge is 2.31. The van der Waals surface area contributed by atoms with Crippen LogP contribution in [0.2, 0.25) is 0 Å². The number of carbonyl (C=O) groups is 1. The number of hydrogen-bond donors (Lipinski definition) is 0. The first-order valence-corrected chi connectivity index (χ1v) is 6.80. The van der Waals surface area contributed by atoms with Crippen LogP contribution in [0, 0.1) is 5.41 Å². The summed E-state index contributed by atoms with van der Waals surface area (Å²) in [6.45, 7) is 5.88. The van der Waals surface area contributed by atoms with Crippen molar-refractivity contribution in [3.63, 3.8) is 0 Å². The Morgan fingerprint density at radius 1 is 1.47 bits per heavy atom. The second-order valence-electron chi connectivity index (χ2n) is 4.77. The molecule has 0 unspecified atom stereocenters. The highest BCUT2D eigenvalue weighted by Crippen LogP contribution is 2.27. The molecular formula is C12H12BrNO2S. The van der Waals surface area contributed by atoms with Crippen LogP contribution in [0.25, 0.3) is 6.08 Å². The van der Waals surface area contributed by atoms with E-state index in [-0.39, 0.29) is 11.4 Å². The van der Waals surface area contributed by atoms with Gasteiger partial charge < -0.3 is 4.74 Å². The van der Waals surface area contributed by atoms with Crippen LogP contribution >= 0.6 is 27.3 Å². The molecule has 0 saturated heterocycles. The van der Waals surface area contributed by atoms with Crippen LogP contribution in [0.4, 0.5) is 0 Å². The molecular weight excluding hydrogens is 302 g/mol. The van der Waals surface area contributed by atoms with Crippen LogP contribution in [-0.4, -0.2) is 11.9 Å². The smallest absolute Gasteiger partial charge is 0.363 e. The van der Waals surface area contributed by atoms with Crippen molar-refractivity contribution in [3.8, 4) is 0 Å². The monoisotopic (exact) mass is 313 g/mol. The molecule has 0 saturated carbocycles. The van der Waals surface area contributed by atoms with Gasteiger partial charge in [0.1, 0.15) is 0 Å². The van der Waals surface area contributed by atoms with Gasteiger partial charge in [0.05, 0.1) is 3.79 Å². The lowest BCUT2D eigenvalue weighted by Gasteiger charge is -2.15. The number of cyclic esters (lactones) is 1. The number of thiophene rings is 1. The zero-order chi connectivity index (χ0) is 12.6. The Morgan fingerprint density at radius 2 is 2.18 bits per heavy atom. The molecule has 5 heteroatoms. The Bertz CT molecular complexity index is 523. The maximum atomic E-state index is 11.6. The first kappa shape index (κ1) is 12.5. The summed E-state index contributed by atoms with van der Waals surface area (Å²) >= 11 is 4.94. The molecule has 2 rings (SSSR count). The van der Waals surface area contributed by atoms with Crippen LogP contribution in [0.5, 0.6) is 0 Å². The summed E-state index contributed by atoms with van der Waals surface area (Å²) in [7, 11) is 0. The van der Waals surface area contributed by atoms with Crippen molar-refractivity contribution in [2.24, 2.45) is 10.4 Å². The zero-order valence-corrected chi connectivity index (χ0v) is 12.2. The van der Waals surface area contributed by atoms with E-state index in [2.05, 4.69) is 20.9 Å². The fourth-order valence-electron chi connectivity index (χ4n) is 1.29. The van der Waals surface area contributed by atoms with Gasteiger partial charge >= 0.3 is 5.97 Å². The molecule has 0 radical (unpaired) electrons. The summed E-state index contributed by atoms with van der Waals surface area (Å²) in [6, 6.07) is 1.94. The summed E-state index contributed by atoms with van der Waals surface area (Å²) in [5, 5.41) is 1.95. The topological polar surface area (TPSA) is 38.7 Å². The third-order valence-electron chi connectivity index (χ3n) is 2.15. The maximum Gasteiger partial charge on any atom is 0.363 e. The molecule has 1 aliphatic rings. The van der Waals surface area contributed by atoms with Crippen molar-refractivity contribution >= 4 is 45.2 Å². The normalized spacial score (nSPS) is 18.5. The average molecular weight is 314 g/mol. The molecule has 0 amide bonds. The van der Waals surface area contributed by atoms with Crippen molar-refractivity contribution in [2.45, 2.75) is 20.8 Å². The van der Waals surface area contributed by atoms with Crippen molar-refractivity contribution in [2.75, 3.05) is 0 Å². The quantitative estimate of drug-likeness (QED) is 0.583. The van der Waals surface area contributed by atoms with E-state index < -0.39 is 0 Å². The summed E-state index contributed by atoms with van der Waals surface area (Å²) in [6.07, 6.45) is 1.74. The molecule has 1 aliphatic heterocycles. The lowest BCUT2D eigenvalue weighted by atomic mass is 9.97. The van der Waals surface area contributed by atoms with Crippen LogP contribution in [-0.2, 0) is 9.53 Å². The van der Waals surface area contributed by atoms with Gasteiger partial charge in [0.25, 0.3) is 0 Å². The molecule has 17 heavy (non-hydrogen) atoms. The largest absolute Gasteiger partial charge is 0.406 e. The fourth-order valence-corrected chi connectivity index (χ4v) is 2.42. The molecule has 90 valence electrons. The van der Waals surface area contributed by atoms with E-state index >= 15 is 0 Å². The molecule has 0 bridgehead atoms. The highest BCUT2D eigenvalue weighted by molar-refractivity contribution is 9.11. The van der Waals surface area contributed by atoms with Gasteiger partial charge in [0.15, 0.2) is 5.70 Å². The van der Waals surface area contributed by atoms with E-state index in [4.69, 9.17) is 4.74 Å². The Labute approximate surface area is 112 Å². The number of carbonyl (C=O) groups excluding carboxylic acids is 1. The molecule has 0 fully saturated rings. The first-order chi connectivity index (χ1) is 7.86.